The molecule has 0 spiro atoms. The first-order valence-electron chi connectivity index (χ1n) is 6.66. The van der Waals surface area contributed by atoms with Crippen LogP contribution in [-0.4, -0.2) is 22.3 Å². The van der Waals surface area contributed by atoms with Crippen LogP contribution >= 0.6 is 11.6 Å². The number of carbonyl (C=O) groups is 1. The lowest BCUT2D eigenvalue weighted by atomic mass is 10.2. The third-order valence-corrected chi connectivity index (χ3v) is 3.14. The van der Waals surface area contributed by atoms with Gasteiger partial charge in [-0.15, -0.1) is 0 Å². The fourth-order valence-corrected chi connectivity index (χ4v) is 2.18. The molecule has 0 aliphatic rings. The molecule has 1 heterocycles. The topological polar surface area (TPSA) is 33.2 Å². The normalized spacial score (nSPS) is 10.3. The van der Waals surface area contributed by atoms with Crippen molar-refractivity contribution >= 4 is 17.5 Å². The Morgan fingerprint density at radius 1 is 1.15 bits per heavy atom. The van der Waals surface area contributed by atoms with Crippen molar-refractivity contribution in [1.82, 2.24) is 9.88 Å². The smallest absolute Gasteiger partial charge is 0.272 e. The summed E-state index contributed by atoms with van der Waals surface area (Å²) in [5, 5.41) is 0.340. The standard InChI is InChI=1S/C16H17ClN2O/c1-2-11-19(12-13-7-4-3-5-8-13)16(20)14-9-6-10-15(17)18-14/h3-10H,2,11-12H2,1H3. The maximum absolute atomic E-state index is 12.5. The van der Waals surface area contributed by atoms with E-state index in [0.29, 0.717) is 23.9 Å². The lowest BCUT2D eigenvalue weighted by Gasteiger charge is -2.22. The van der Waals surface area contributed by atoms with Gasteiger partial charge in [-0.25, -0.2) is 4.98 Å². The minimum atomic E-state index is -0.0850. The molecule has 4 heteroatoms. The van der Waals surface area contributed by atoms with Gasteiger partial charge in [0.1, 0.15) is 10.8 Å². The zero-order valence-corrected chi connectivity index (χ0v) is 12.2. The summed E-state index contributed by atoms with van der Waals surface area (Å²) in [5.74, 6) is -0.0850. The van der Waals surface area contributed by atoms with E-state index in [-0.39, 0.29) is 5.91 Å². The number of amides is 1. The van der Waals surface area contributed by atoms with Crippen LogP contribution in [0.3, 0.4) is 0 Å². The molecule has 1 amide bonds. The highest BCUT2D eigenvalue weighted by atomic mass is 35.5. The largest absolute Gasteiger partial charge is 0.333 e. The van der Waals surface area contributed by atoms with E-state index in [1.807, 2.05) is 30.3 Å². The number of benzene rings is 1. The zero-order chi connectivity index (χ0) is 14.4. The van der Waals surface area contributed by atoms with Crippen molar-refractivity contribution in [2.45, 2.75) is 19.9 Å². The Morgan fingerprint density at radius 2 is 1.90 bits per heavy atom. The van der Waals surface area contributed by atoms with E-state index in [2.05, 4.69) is 11.9 Å². The third kappa shape index (κ3) is 3.81. The highest BCUT2D eigenvalue weighted by molar-refractivity contribution is 6.29. The third-order valence-electron chi connectivity index (χ3n) is 2.93. The Hall–Kier alpha value is -1.87. The first kappa shape index (κ1) is 14.5. The van der Waals surface area contributed by atoms with Crippen LogP contribution in [0, 0.1) is 0 Å². The van der Waals surface area contributed by atoms with Crippen LogP contribution in [0.1, 0.15) is 29.4 Å². The predicted molar refractivity (Wildman–Crippen MR) is 80.7 cm³/mol. The Balaban J connectivity index is 2.18. The van der Waals surface area contributed by atoms with E-state index < -0.39 is 0 Å². The quantitative estimate of drug-likeness (QED) is 0.784. The summed E-state index contributed by atoms with van der Waals surface area (Å²) >= 11 is 5.85. The number of hydrogen-bond donors (Lipinski definition) is 0. The summed E-state index contributed by atoms with van der Waals surface area (Å²) in [7, 11) is 0. The molecule has 0 fully saturated rings. The van der Waals surface area contributed by atoms with Gasteiger partial charge in [0.2, 0.25) is 0 Å². The molecule has 0 bridgehead atoms. The number of pyridine rings is 1. The number of rotatable bonds is 5. The molecule has 0 saturated carbocycles. The molecular weight excluding hydrogens is 272 g/mol. The van der Waals surface area contributed by atoms with Gasteiger partial charge in [0, 0.05) is 13.1 Å². The van der Waals surface area contributed by atoms with Crippen LogP contribution in [-0.2, 0) is 6.54 Å². The molecule has 0 N–H and O–H groups in total. The number of hydrogen-bond acceptors (Lipinski definition) is 2. The Kier molecular flexibility index (Phi) is 5.13. The van der Waals surface area contributed by atoms with Gasteiger partial charge in [-0.3, -0.25) is 4.79 Å². The first-order chi connectivity index (χ1) is 9.70. The van der Waals surface area contributed by atoms with Crippen LogP contribution in [0.4, 0.5) is 0 Å². The van der Waals surface area contributed by atoms with Gasteiger partial charge < -0.3 is 4.90 Å². The van der Waals surface area contributed by atoms with Gasteiger partial charge in [0.05, 0.1) is 0 Å². The van der Waals surface area contributed by atoms with Crippen molar-refractivity contribution in [3.63, 3.8) is 0 Å². The second kappa shape index (κ2) is 7.06. The summed E-state index contributed by atoms with van der Waals surface area (Å²) in [4.78, 5) is 18.4. The summed E-state index contributed by atoms with van der Waals surface area (Å²) in [6, 6.07) is 15.1. The Morgan fingerprint density at radius 3 is 2.55 bits per heavy atom. The van der Waals surface area contributed by atoms with E-state index in [4.69, 9.17) is 11.6 Å². The summed E-state index contributed by atoms with van der Waals surface area (Å²) in [5.41, 5.74) is 1.50. The van der Waals surface area contributed by atoms with Crippen molar-refractivity contribution in [3.8, 4) is 0 Å². The van der Waals surface area contributed by atoms with E-state index in [0.717, 1.165) is 12.0 Å². The fourth-order valence-electron chi connectivity index (χ4n) is 2.02. The zero-order valence-electron chi connectivity index (χ0n) is 11.4. The van der Waals surface area contributed by atoms with Crippen LogP contribution in [0.15, 0.2) is 48.5 Å². The van der Waals surface area contributed by atoms with Crippen LogP contribution in [0.2, 0.25) is 5.15 Å². The maximum Gasteiger partial charge on any atom is 0.272 e. The second-order valence-corrected chi connectivity index (χ2v) is 4.95. The average Bonchev–Trinajstić information content (AvgIpc) is 2.47. The SMILES string of the molecule is CCCN(Cc1ccccc1)C(=O)c1cccc(Cl)n1. The predicted octanol–water partition coefficient (Wildman–Crippen LogP) is 3.79. The molecule has 0 atom stereocenters. The first-order valence-corrected chi connectivity index (χ1v) is 7.04. The molecule has 1 aromatic heterocycles. The van der Waals surface area contributed by atoms with Crippen molar-refractivity contribution in [2.24, 2.45) is 0 Å². The van der Waals surface area contributed by atoms with Gasteiger partial charge >= 0.3 is 0 Å². The van der Waals surface area contributed by atoms with Crippen LogP contribution in [0.5, 0.6) is 0 Å². The highest BCUT2D eigenvalue weighted by Gasteiger charge is 2.16. The number of nitrogens with zero attached hydrogens (tertiary/aromatic N) is 2. The monoisotopic (exact) mass is 288 g/mol. The summed E-state index contributed by atoms with van der Waals surface area (Å²) < 4.78 is 0. The van der Waals surface area contributed by atoms with E-state index in [9.17, 15) is 4.79 Å². The molecule has 3 nitrogen and oxygen atoms in total. The lowest BCUT2D eigenvalue weighted by molar-refractivity contribution is 0.0737. The molecule has 0 aliphatic heterocycles. The van der Waals surface area contributed by atoms with E-state index >= 15 is 0 Å². The maximum atomic E-state index is 12.5. The molecule has 0 aliphatic carbocycles. The molecule has 2 rings (SSSR count). The second-order valence-electron chi connectivity index (χ2n) is 4.56. The average molecular weight is 289 g/mol. The number of halogens is 1. The van der Waals surface area contributed by atoms with Crippen molar-refractivity contribution in [3.05, 3.63) is 64.9 Å². The fraction of sp³-hybridized carbons (Fsp3) is 0.250. The van der Waals surface area contributed by atoms with Gasteiger partial charge in [-0.05, 0) is 24.1 Å². The van der Waals surface area contributed by atoms with Crippen LogP contribution < -0.4 is 0 Å². The Labute approximate surface area is 124 Å². The van der Waals surface area contributed by atoms with Gasteiger partial charge in [0.25, 0.3) is 5.91 Å². The molecule has 0 radical (unpaired) electrons. The van der Waals surface area contributed by atoms with E-state index in [1.54, 1.807) is 23.1 Å². The highest BCUT2D eigenvalue weighted by Crippen LogP contribution is 2.11. The molecule has 104 valence electrons. The minimum Gasteiger partial charge on any atom is -0.333 e. The lowest BCUT2D eigenvalue weighted by Crippen LogP contribution is -2.31. The molecule has 2 aromatic rings. The molecule has 0 saturated heterocycles. The molecular formula is C16H17ClN2O. The van der Waals surface area contributed by atoms with Crippen molar-refractivity contribution < 1.29 is 4.79 Å². The van der Waals surface area contributed by atoms with Gasteiger partial charge in [0.15, 0.2) is 0 Å². The van der Waals surface area contributed by atoms with Crippen LogP contribution in [0.25, 0.3) is 0 Å². The van der Waals surface area contributed by atoms with E-state index in [1.165, 1.54) is 0 Å². The van der Waals surface area contributed by atoms with Gasteiger partial charge in [-0.1, -0.05) is 54.9 Å². The van der Waals surface area contributed by atoms with Crippen molar-refractivity contribution in [1.29, 1.82) is 0 Å². The Bertz CT molecular complexity index is 572. The molecule has 20 heavy (non-hydrogen) atoms. The summed E-state index contributed by atoms with van der Waals surface area (Å²) in [6.07, 6.45) is 0.902. The molecule has 1 aromatic carbocycles. The minimum absolute atomic E-state index is 0.0850. The molecule has 0 unspecified atom stereocenters. The van der Waals surface area contributed by atoms with Gasteiger partial charge in [-0.2, -0.15) is 0 Å². The summed E-state index contributed by atoms with van der Waals surface area (Å²) in [6.45, 7) is 3.33. The van der Waals surface area contributed by atoms with Crippen molar-refractivity contribution in [2.75, 3.05) is 6.54 Å². The number of carbonyl (C=O) groups excluding carboxylic acids is 1. The number of aromatic nitrogens is 1.